The maximum atomic E-state index is 13.2. The number of nitrogens with two attached hydrogens (primary N) is 1. The van der Waals surface area contributed by atoms with Crippen molar-refractivity contribution >= 4 is 15.9 Å². The first-order valence-electron chi connectivity index (χ1n) is 6.58. The van der Waals surface area contributed by atoms with Gasteiger partial charge >= 0.3 is 0 Å². The maximum Gasteiger partial charge on any atom is 0.123 e. The van der Waals surface area contributed by atoms with Gasteiger partial charge in [-0.05, 0) is 49.1 Å². The van der Waals surface area contributed by atoms with Gasteiger partial charge in [-0.3, -0.25) is 0 Å². The summed E-state index contributed by atoms with van der Waals surface area (Å²) >= 11 is 3.46. The topological polar surface area (TPSA) is 38.0 Å². The van der Waals surface area contributed by atoms with Crippen LogP contribution in [0.1, 0.15) is 31.2 Å². The third-order valence-electron chi connectivity index (χ3n) is 3.77. The minimum absolute atomic E-state index is 0.186. The van der Waals surface area contributed by atoms with Crippen molar-refractivity contribution in [1.29, 1.82) is 0 Å². The van der Waals surface area contributed by atoms with Gasteiger partial charge in [-0.25, -0.2) is 4.39 Å². The van der Waals surface area contributed by atoms with E-state index in [1.165, 1.54) is 31.7 Å². The van der Waals surface area contributed by atoms with E-state index in [1.807, 2.05) is 0 Å². The van der Waals surface area contributed by atoms with E-state index >= 15 is 0 Å². The molecule has 0 aliphatic heterocycles. The van der Waals surface area contributed by atoms with Crippen LogP contribution >= 0.6 is 15.9 Å². The van der Waals surface area contributed by atoms with E-state index in [9.17, 15) is 4.39 Å². The lowest BCUT2D eigenvalue weighted by Gasteiger charge is -2.31. The normalized spacial score (nSPS) is 24.2. The van der Waals surface area contributed by atoms with E-state index in [-0.39, 0.29) is 5.82 Å². The summed E-state index contributed by atoms with van der Waals surface area (Å²) < 4.78 is 14.1. The molecule has 3 N–H and O–H groups in total. The lowest BCUT2D eigenvalue weighted by atomic mass is 9.84. The highest BCUT2D eigenvalue weighted by Gasteiger charge is 2.23. The van der Waals surface area contributed by atoms with Gasteiger partial charge < -0.3 is 11.1 Å². The molecule has 1 aliphatic carbocycles. The molecule has 1 aromatic rings. The smallest absolute Gasteiger partial charge is 0.123 e. The second kappa shape index (κ2) is 6.64. The summed E-state index contributed by atoms with van der Waals surface area (Å²) in [5.74, 6) is 0.375. The average molecular weight is 315 g/mol. The number of benzene rings is 1. The lowest BCUT2D eigenvalue weighted by molar-refractivity contribution is 0.266. The Hall–Kier alpha value is -0.450. The molecule has 0 heterocycles. The number of hydrogen-bond acceptors (Lipinski definition) is 2. The van der Waals surface area contributed by atoms with Crippen LogP contribution in [0.2, 0.25) is 0 Å². The number of halogens is 2. The molecule has 0 bridgehead atoms. The molecule has 2 rings (SSSR count). The largest absolute Gasteiger partial charge is 0.330 e. The van der Waals surface area contributed by atoms with E-state index in [0.717, 1.165) is 16.6 Å². The van der Waals surface area contributed by atoms with E-state index in [4.69, 9.17) is 5.73 Å². The summed E-state index contributed by atoms with van der Waals surface area (Å²) in [5.41, 5.74) is 6.78. The molecule has 0 amide bonds. The van der Waals surface area contributed by atoms with Gasteiger partial charge in [0, 0.05) is 17.1 Å². The molecule has 1 fully saturated rings. The van der Waals surface area contributed by atoms with Crippen molar-refractivity contribution in [3.8, 4) is 0 Å². The van der Waals surface area contributed by atoms with Gasteiger partial charge in [-0.1, -0.05) is 28.8 Å². The highest BCUT2D eigenvalue weighted by molar-refractivity contribution is 9.10. The maximum absolute atomic E-state index is 13.2. The Bertz CT molecular complexity index is 397. The molecule has 0 radical (unpaired) electrons. The number of hydrogen-bond donors (Lipinski definition) is 2. The fourth-order valence-corrected chi connectivity index (χ4v) is 3.07. The van der Waals surface area contributed by atoms with Crippen molar-refractivity contribution in [2.24, 2.45) is 11.7 Å². The van der Waals surface area contributed by atoms with Crippen LogP contribution < -0.4 is 11.1 Å². The molecule has 100 valence electrons. The fourth-order valence-electron chi connectivity index (χ4n) is 2.68. The summed E-state index contributed by atoms with van der Waals surface area (Å²) in [7, 11) is 0. The Morgan fingerprint density at radius 3 is 2.89 bits per heavy atom. The molecule has 2 nitrogen and oxygen atoms in total. The Morgan fingerprint density at radius 2 is 2.11 bits per heavy atom. The third kappa shape index (κ3) is 3.53. The predicted octanol–water partition coefficient (Wildman–Crippen LogP) is 3.20. The van der Waals surface area contributed by atoms with Crippen LogP contribution in [0, 0.1) is 11.7 Å². The van der Waals surface area contributed by atoms with E-state index < -0.39 is 0 Å². The SMILES string of the molecule is NCC1CCCCC1NCc1cc(F)ccc1Br. The summed E-state index contributed by atoms with van der Waals surface area (Å²) in [5, 5.41) is 3.53. The quantitative estimate of drug-likeness (QED) is 0.895. The van der Waals surface area contributed by atoms with Crippen LogP contribution in [-0.2, 0) is 6.54 Å². The van der Waals surface area contributed by atoms with Crippen LogP contribution in [-0.4, -0.2) is 12.6 Å². The first kappa shape index (κ1) is 14.0. The molecular weight excluding hydrogens is 295 g/mol. The van der Waals surface area contributed by atoms with Crippen LogP contribution in [0.3, 0.4) is 0 Å². The monoisotopic (exact) mass is 314 g/mol. The van der Waals surface area contributed by atoms with E-state index in [0.29, 0.717) is 18.5 Å². The zero-order valence-corrected chi connectivity index (χ0v) is 12.0. The van der Waals surface area contributed by atoms with Gasteiger partial charge in [0.1, 0.15) is 5.82 Å². The zero-order valence-electron chi connectivity index (χ0n) is 10.5. The van der Waals surface area contributed by atoms with Crippen LogP contribution in [0.4, 0.5) is 4.39 Å². The lowest BCUT2D eigenvalue weighted by Crippen LogP contribution is -2.41. The van der Waals surface area contributed by atoms with Gasteiger partial charge in [0.2, 0.25) is 0 Å². The second-order valence-electron chi connectivity index (χ2n) is 5.00. The van der Waals surface area contributed by atoms with Crippen LogP contribution in [0.25, 0.3) is 0 Å². The van der Waals surface area contributed by atoms with Crippen molar-refractivity contribution in [3.05, 3.63) is 34.1 Å². The predicted molar refractivity (Wildman–Crippen MR) is 75.7 cm³/mol. The Balaban J connectivity index is 1.95. The highest BCUT2D eigenvalue weighted by Crippen LogP contribution is 2.24. The van der Waals surface area contributed by atoms with Gasteiger partial charge in [0.05, 0.1) is 0 Å². The third-order valence-corrected chi connectivity index (χ3v) is 4.55. The first-order chi connectivity index (χ1) is 8.70. The molecular formula is C14H20BrFN2. The molecule has 0 aromatic heterocycles. The minimum Gasteiger partial charge on any atom is -0.330 e. The van der Waals surface area contributed by atoms with Gasteiger partial charge in [-0.15, -0.1) is 0 Å². The summed E-state index contributed by atoms with van der Waals surface area (Å²) in [4.78, 5) is 0. The minimum atomic E-state index is -0.186. The standard InChI is InChI=1S/C14H20BrFN2/c15-13-6-5-12(16)7-11(13)9-18-14-4-2-1-3-10(14)8-17/h5-7,10,14,18H,1-4,8-9,17H2. The Morgan fingerprint density at radius 1 is 1.33 bits per heavy atom. The van der Waals surface area contributed by atoms with E-state index in [1.54, 1.807) is 12.1 Å². The molecule has 1 aromatic carbocycles. The van der Waals surface area contributed by atoms with Crippen molar-refractivity contribution in [2.75, 3.05) is 6.54 Å². The number of nitrogens with one attached hydrogen (secondary N) is 1. The van der Waals surface area contributed by atoms with Gasteiger partial charge in [-0.2, -0.15) is 0 Å². The zero-order chi connectivity index (χ0) is 13.0. The highest BCUT2D eigenvalue weighted by atomic mass is 79.9. The number of rotatable bonds is 4. The second-order valence-corrected chi connectivity index (χ2v) is 5.86. The molecule has 1 aliphatic rings. The molecule has 2 unspecified atom stereocenters. The van der Waals surface area contributed by atoms with E-state index in [2.05, 4.69) is 21.2 Å². The summed E-state index contributed by atoms with van der Waals surface area (Å²) in [6.07, 6.45) is 4.93. The Kier molecular flexibility index (Phi) is 5.15. The van der Waals surface area contributed by atoms with Crippen molar-refractivity contribution in [1.82, 2.24) is 5.32 Å². The van der Waals surface area contributed by atoms with Crippen LogP contribution in [0.5, 0.6) is 0 Å². The average Bonchev–Trinajstić information content (AvgIpc) is 2.40. The fraction of sp³-hybridized carbons (Fsp3) is 0.571. The molecule has 4 heteroatoms. The van der Waals surface area contributed by atoms with Gasteiger partial charge in [0.15, 0.2) is 0 Å². The van der Waals surface area contributed by atoms with Crippen LogP contribution in [0.15, 0.2) is 22.7 Å². The molecule has 2 atom stereocenters. The van der Waals surface area contributed by atoms with Crippen molar-refractivity contribution in [2.45, 2.75) is 38.3 Å². The first-order valence-corrected chi connectivity index (χ1v) is 7.37. The Labute approximate surface area is 116 Å². The van der Waals surface area contributed by atoms with Crippen molar-refractivity contribution < 1.29 is 4.39 Å². The molecule has 18 heavy (non-hydrogen) atoms. The summed E-state index contributed by atoms with van der Waals surface area (Å²) in [6.45, 7) is 1.43. The molecule has 1 saturated carbocycles. The summed E-state index contributed by atoms with van der Waals surface area (Å²) in [6, 6.07) is 5.28. The van der Waals surface area contributed by atoms with Crippen molar-refractivity contribution in [3.63, 3.8) is 0 Å². The van der Waals surface area contributed by atoms with Gasteiger partial charge in [0.25, 0.3) is 0 Å². The molecule has 0 spiro atoms. The molecule has 0 saturated heterocycles.